The van der Waals surface area contributed by atoms with E-state index >= 15 is 0 Å². The van der Waals surface area contributed by atoms with E-state index in [1.54, 1.807) is 18.2 Å². The summed E-state index contributed by atoms with van der Waals surface area (Å²) in [5.41, 5.74) is 2.15. The molecule has 1 unspecified atom stereocenters. The average Bonchev–Trinajstić information content (AvgIpc) is 3.10. The number of ether oxygens (including phenoxy) is 2. The fourth-order valence-corrected chi connectivity index (χ4v) is 6.63. The number of nitrogens with one attached hydrogen (secondary N) is 2. The Morgan fingerprint density at radius 1 is 1.00 bits per heavy atom. The first kappa shape index (κ1) is 27.7. The van der Waals surface area contributed by atoms with Gasteiger partial charge in [-0.25, -0.2) is 4.79 Å². The Labute approximate surface area is 231 Å². The molecule has 1 atom stereocenters. The second-order valence-electron chi connectivity index (χ2n) is 8.94. The molecule has 2 aromatic carbocycles. The third kappa shape index (κ3) is 7.17. The molecular formula is C29H32N2O5S2. The Balaban J connectivity index is 1.40. The molecule has 1 aliphatic carbocycles. The Morgan fingerprint density at radius 2 is 1.79 bits per heavy atom. The number of methoxy groups -OCH3 is 1. The first-order valence-corrected chi connectivity index (χ1v) is 14.5. The van der Waals surface area contributed by atoms with E-state index in [1.807, 2.05) is 43.3 Å². The highest BCUT2D eigenvalue weighted by Gasteiger charge is 2.28. The van der Waals surface area contributed by atoms with Gasteiger partial charge >= 0.3 is 5.97 Å². The van der Waals surface area contributed by atoms with Crippen LogP contribution in [0, 0.1) is 0 Å². The molecule has 0 radical (unpaired) electrons. The molecule has 0 spiro atoms. The molecule has 38 heavy (non-hydrogen) atoms. The number of rotatable bonds is 10. The van der Waals surface area contributed by atoms with Gasteiger partial charge in [-0.1, -0.05) is 37.6 Å². The van der Waals surface area contributed by atoms with Gasteiger partial charge in [-0.2, -0.15) is 0 Å². The molecule has 3 aromatic rings. The summed E-state index contributed by atoms with van der Waals surface area (Å²) >= 11 is 2.91. The van der Waals surface area contributed by atoms with Crippen LogP contribution in [0.1, 0.15) is 53.4 Å². The standard InChI is InChI=1S/C29H32N2O5S2/c1-3-23(27(33)31-28-26(29(34)35-2)22-15-8-5-9-16-24(22)38-28)37-21-14-10-11-19(17-21)30-25(32)18-36-20-12-6-4-7-13-20/h4,6-7,10-14,17,23H,3,5,8-9,15-16,18H2,1-2H3,(H,30,32)(H,31,33). The van der Waals surface area contributed by atoms with E-state index in [0.29, 0.717) is 28.4 Å². The molecule has 0 bridgehead atoms. The van der Waals surface area contributed by atoms with Crippen molar-refractivity contribution in [2.24, 2.45) is 0 Å². The molecule has 1 heterocycles. The molecule has 4 rings (SSSR count). The van der Waals surface area contributed by atoms with Crippen LogP contribution < -0.4 is 15.4 Å². The zero-order valence-electron chi connectivity index (χ0n) is 21.6. The fraction of sp³-hybridized carbons (Fsp3) is 0.345. The first-order chi connectivity index (χ1) is 18.5. The highest BCUT2D eigenvalue weighted by Crippen LogP contribution is 2.39. The zero-order chi connectivity index (χ0) is 26.9. The van der Waals surface area contributed by atoms with E-state index in [1.165, 1.54) is 35.1 Å². The van der Waals surface area contributed by atoms with Gasteiger partial charge in [0.15, 0.2) is 6.61 Å². The molecule has 200 valence electrons. The number of esters is 1. The summed E-state index contributed by atoms with van der Waals surface area (Å²) in [6, 6.07) is 16.5. The molecular weight excluding hydrogens is 520 g/mol. The summed E-state index contributed by atoms with van der Waals surface area (Å²) in [7, 11) is 1.37. The summed E-state index contributed by atoms with van der Waals surface area (Å²) < 4.78 is 10.6. The van der Waals surface area contributed by atoms with E-state index in [2.05, 4.69) is 10.6 Å². The summed E-state index contributed by atoms with van der Waals surface area (Å²) in [4.78, 5) is 40.3. The van der Waals surface area contributed by atoms with Crippen molar-refractivity contribution in [3.8, 4) is 5.75 Å². The van der Waals surface area contributed by atoms with E-state index in [0.717, 1.165) is 42.6 Å². The molecule has 1 aliphatic rings. The quantitative estimate of drug-likeness (QED) is 0.173. The third-order valence-electron chi connectivity index (χ3n) is 6.22. The largest absolute Gasteiger partial charge is 0.484 e. The van der Waals surface area contributed by atoms with Crippen LogP contribution in [0.2, 0.25) is 0 Å². The van der Waals surface area contributed by atoms with E-state index in [9.17, 15) is 14.4 Å². The molecule has 7 nitrogen and oxygen atoms in total. The lowest BCUT2D eigenvalue weighted by Gasteiger charge is -2.16. The summed E-state index contributed by atoms with van der Waals surface area (Å²) in [6.07, 6.45) is 5.59. The Hall–Kier alpha value is -3.30. The molecule has 0 saturated heterocycles. The Morgan fingerprint density at radius 3 is 2.55 bits per heavy atom. The smallest absolute Gasteiger partial charge is 0.341 e. The van der Waals surface area contributed by atoms with E-state index in [-0.39, 0.29) is 23.7 Å². The summed E-state index contributed by atoms with van der Waals surface area (Å²) in [5.74, 6) is -0.209. The predicted molar refractivity (Wildman–Crippen MR) is 152 cm³/mol. The normalized spacial score (nSPS) is 13.5. The number of carbonyl (C=O) groups is 3. The third-order valence-corrected chi connectivity index (χ3v) is 8.79. The van der Waals surface area contributed by atoms with Crippen molar-refractivity contribution in [1.29, 1.82) is 0 Å². The number of aryl methyl sites for hydroxylation is 1. The van der Waals surface area contributed by atoms with Crippen molar-refractivity contribution in [1.82, 2.24) is 0 Å². The number of thiophene rings is 1. The maximum atomic E-state index is 13.3. The molecule has 0 saturated carbocycles. The number of amides is 2. The van der Waals surface area contributed by atoms with Gasteiger partial charge in [0.05, 0.1) is 17.9 Å². The van der Waals surface area contributed by atoms with E-state index in [4.69, 9.17) is 9.47 Å². The molecule has 2 N–H and O–H groups in total. The number of thioether (sulfide) groups is 1. The Kier molecular flexibility index (Phi) is 9.84. The number of benzene rings is 2. The van der Waals surface area contributed by atoms with Crippen molar-refractivity contribution in [2.75, 3.05) is 24.4 Å². The molecule has 0 fully saturated rings. The predicted octanol–water partition coefficient (Wildman–Crippen LogP) is 6.33. The number of fused-ring (bicyclic) bond motifs is 1. The lowest BCUT2D eigenvalue weighted by atomic mass is 10.1. The van der Waals surface area contributed by atoms with Gasteiger partial charge in [0.1, 0.15) is 10.8 Å². The summed E-state index contributed by atoms with van der Waals surface area (Å²) in [6.45, 7) is 1.85. The highest BCUT2D eigenvalue weighted by atomic mass is 32.2. The minimum absolute atomic E-state index is 0.102. The van der Waals surface area contributed by atoms with Gasteiger partial charge in [-0.3, -0.25) is 9.59 Å². The van der Waals surface area contributed by atoms with Crippen LogP contribution in [-0.4, -0.2) is 36.8 Å². The van der Waals surface area contributed by atoms with Crippen LogP contribution in [0.15, 0.2) is 59.5 Å². The maximum absolute atomic E-state index is 13.3. The van der Waals surface area contributed by atoms with Gasteiger partial charge in [-0.15, -0.1) is 23.1 Å². The van der Waals surface area contributed by atoms with Gasteiger partial charge < -0.3 is 20.1 Å². The number of hydrogen-bond acceptors (Lipinski definition) is 7. The van der Waals surface area contributed by atoms with Crippen LogP contribution >= 0.6 is 23.1 Å². The van der Waals surface area contributed by atoms with Crippen molar-refractivity contribution < 1.29 is 23.9 Å². The van der Waals surface area contributed by atoms with Crippen LogP contribution in [0.25, 0.3) is 0 Å². The zero-order valence-corrected chi connectivity index (χ0v) is 23.2. The number of anilines is 2. The van der Waals surface area contributed by atoms with Crippen LogP contribution in [0.3, 0.4) is 0 Å². The molecule has 1 aromatic heterocycles. The summed E-state index contributed by atoms with van der Waals surface area (Å²) in [5, 5.41) is 6.07. The van der Waals surface area contributed by atoms with Gasteiger partial charge in [0.2, 0.25) is 5.91 Å². The maximum Gasteiger partial charge on any atom is 0.341 e. The lowest BCUT2D eigenvalue weighted by molar-refractivity contribution is -0.118. The minimum Gasteiger partial charge on any atom is -0.484 e. The molecule has 0 aliphatic heterocycles. The fourth-order valence-electron chi connectivity index (χ4n) is 4.34. The highest BCUT2D eigenvalue weighted by molar-refractivity contribution is 8.00. The van der Waals surface area contributed by atoms with E-state index < -0.39 is 5.97 Å². The average molecular weight is 553 g/mol. The second kappa shape index (κ2) is 13.5. The van der Waals surface area contributed by atoms with Crippen molar-refractivity contribution in [3.05, 3.63) is 70.6 Å². The van der Waals surface area contributed by atoms with Gasteiger partial charge in [0.25, 0.3) is 5.91 Å². The minimum atomic E-state index is -0.403. The van der Waals surface area contributed by atoms with Crippen molar-refractivity contribution in [3.63, 3.8) is 0 Å². The van der Waals surface area contributed by atoms with Crippen LogP contribution in [-0.2, 0) is 27.2 Å². The molecule has 9 heteroatoms. The Bertz CT molecular complexity index is 1280. The van der Waals surface area contributed by atoms with Gasteiger partial charge in [0, 0.05) is 15.5 Å². The van der Waals surface area contributed by atoms with Gasteiger partial charge in [-0.05, 0) is 68.0 Å². The number of hydrogen-bond donors (Lipinski definition) is 2. The van der Waals surface area contributed by atoms with Crippen LogP contribution in [0.5, 0.6) is 5.75 Å². The number of para-hydroxylation sites is 1. The first-order valence-electron chi connectivity index (χ1n) is 12.8. The topological polar surface area (TPSA) is 93.7 Å². The van der Waals surface area contributed by atoms with Crippen molar-refractivity contribution in [2.45, 2.75) is 55.6 Å². The second-order valence-corrected chi connectivity index (χ2v) is 11.3. The molecule has 2 amide bonds. The lowest BCUT2D eigenvalue weighted by Crippen LogP contribution is -2.25. The van der Waals surface area contributed by atoms with Crippen molar-refractivity contribution >= 4 is 51.6 Å². The number of carbonyl (C=O) groups excluding carboxylic acids is 3. The monoisotopic (exact) mass is 552 g/mol. The van der Waals surface area contributed by atoms with Crippen LogP contribution in [0.4, 0.5) is 10.7 Å². The SMILES string of the molecule is CCC(Sc1cccc(NC(=O)COc2ccccc2)c1)C(=O)Nc1sc2c(c1C(=O)OC)CCCCC2.